The van der Waals surface area contributed by atoms with Gasteiger partial charge in [0.1, 0.15) is 0 Å². The summed E-state index contributed by atoms with van der Waals surface area (Å²) in [6, 6.07) is 5.67. The van der Waals surface area contributed by atoms with Crippen molar-refractivity contribution in [2.45, 2.75) is 13.8 Å². The molecule has 0 radical (unpaired) electrons. The molecule has 0 aromatic heterocycles. The van der Waals surface area contributed by atoms with E-state index < -0.39 is 0 Å². The molecule has 0 heterocycles. The predicted octanol–water partition coefficient (Wildman–Crippen LogP) is 2.10. The molecule has 1 N–H and O–H groups in total. The lowest BCUT2D eigenvalue weighted by atomic mass is 10.2. The van der Waals surface area contributed by atoms with Crippen LogP contribution < -0.4 is 4.90 Å². The summed E-state index contributed by atoms with van der Waals surface area (Å²) in [6.07, 6.45) is 0. The van der Waals surface area contributed by atoms with Gasteiger partial charge in [-0.2, -0.15) is 0 Å². The first-order chi connectivity index (χ1) is 7.07. The third-order valence-corrected chi connectivity index (χ3v) is 3.09. The van der Waals surface area contributed by atoms with Gasteiger partial charge in [0.25, 0.3) is 0 Å². The summed E-state index contributed by atoms with van der Waals surface area (Å²) in [5.74, 6) is -0.0646. The first-order valence-electron chi connectivity index (χ1n) is 4.72. The van der Waals surface area contributed by atoms with Crippen LogP contribution in [0.5, 0.6) is 0 Å². The minimum Gasteiger partial charge on any atom is -0.395 e. The van der Waals surface area contributed by atoms with Crippen LogP contribution in [0.3, 0.4) is 0 Å². The number of hydrogen-bond donors (Lipinski definition) is 1. The van der Waals surface area contributed by atoms with E-state index in [2.05, 4.69) is 15.9 Å². The first kappa shape index (κ1) is 12.2. The van der Waals surface area contributed by atoms with Gasteiger partial charge in [-0.3, -0.25) is 4.79 Å². The lowest BCUT2D eigenvalue weighted by molar-refractivity contribution is -0.116. The van der Waals surface area contributed by atoms with Crippen molar-refractivity contribution in [1.82, 2.24) is 0 Å². The van der Waals surface area contributed by atoms with Crippen LogP contribution in [-0.4, -0.2) is 24.2 Å². The summed E-state index contributed by atoms with van der Waals surface area (Å²) < 4.78 is 0.962. The Kier molecular flexibility index (Phi) is 4.29. The molecule has 0 saturated heterocycles. The number of halogens is 1. The third-order valence-electron chi connectivity index (χ3n) is 2.23. The Balaban J connectivity index is 3.11. The largest absolute Gasteiger partial charge is 0.395 e. The number of nitrogens with zero attached hydrogens (tertiary/aromatic N) is 1. The van der Waals surface area contributed by atoms with Crippen LogP contribution in [0.2, 0.25) is 0 Å². The highest BCUT2D eigenvalue weighted by Crippen LogP contribution is 2.26. The lowest BCUT2D eigenvalue weighted by Gasteiger charge is -2.22. The molecule has 0 atom stereocenters. The van der Waals surface area contributed by atoms with Gasteiger partial charge in [-0.05, 0) is 24.6 Å². The summed E-state index contributed by atoms with van der Waals surface area (Å²) in [6.45, 7) is 3.72. The van der Waals surface area contributed by atoms with Crippen LogP contribution in [-0.2, 0) is 4.79 Å². The maximum Gasteiger partial charge on any atom is 0.223 e. The minimum atomic E-state index is -0.0646. The average Bonchev–Trinajstić information content (AvgIpc) is 2.19. The summed E-state index contributed by atoms with van der Waals surface area (Å²) in [5.41, 5.74) is 1.84. The molecule has 0 spiro atoms. The maximum absolute atomic E-state index is 11.4. The Morgan fingerprint density at radius 1 is 1.53 bits per heavy atom. The number of hydrogen-bond acceptors (Lipinski definition) is 2. The molecule has 82 valence electrons. The molecule has 1 rings (SSSR count). The quantitative estimate of drug-likeness (QED) is 0.915. The molecule has 1 amide bonds. The van der Waals surface area contributed by atoms with Crippen LogP contribution in [0.4, 0.5) is 5.69 Å². The van der Waals surface area contributed by atoms with E-state index in [0.29, 0.717) is 6.54 Å². The Labute approximate surface area is 97.8 Å². The third kappa shape index (κ3) is 2.79. The van der Waals surface area contributed by atoms with Gasteiger partial charge in [-0.25, -0.2) is 0 Å². The summed E-state index contributed by atoms with van der Waals surface area (Å²) in [4.78, 5) is 13.0. The summed E-state index contributed by atoms with van der Waals surface area (Å²) in [7, 11) is 0. The van der Waals surface area contributed by atoms with Crippen LogP contribution in [0.1, 0.15) is 12.5 Å². The number of aliphatic hydroxyl groups excluding tert-OH is 1. The van der Waals surface area contributed by atoms with Gasteiger partial charge < -0.3 is 10.0 Å². The molecular weight excluding hydrogens is 258 g/mol. The van der Waals surface area contributed by atoms with E-state index in [1.54, 1.807) is 4.90 Å². The van der Waals surface area contributed by atoms with Crippen molar-refractivity contribution in [2.75, 3.05) is 18.1 Å². The Bertz CT molecular complexity index is 366. The number of carbonyl (C=O) groups is 1. The van der Waals surface area contributed by atoms with Crippen LogP contribution in [0, 0.1) is 6.92 Å². The summed E-state index contributed by atoms with van der Waals surface area (Å²) in [5, 5.41) is 8.90. The van der Waals surface area contributed by atoms with Crippen molar-refractivity contribution < 1.29 is 9.90 Å². The van der Waals surface area contributed by atoms with E-state index in [1.807, 2.05) is 25.1 Å². The molecule has 0 aliphatic rings. The number of amides is 1. The predicted molar refractivity (Wildman–Crippen MR) is 64.0 cm³/mol. The number of benzene rings is 1. The van der Waals surface area contributed by atoms with Crippen LogP contribution in [0.15, 0.2) is 22.7 Å². The van der Waals surface area contributed by atoms with Gasteiger partial charge in [0.05, 0.1) is 6.61 Å². The number of anilines is 1. The van der Waals surface area contributed by atoms with E-state index >= 15 is 0 Å². The Morgan fingerprint density at radius 3 is 2.73 bits per heavy atom. The molecule has 15 heavy (non-hydrogen) atoms. The van der Waals surface area contributed by atoms with E-state index in [1.165, 1.54) is 6.92 Å². The highest BCUT2D eigenvalue weighted by atomic mass is 79.9. The molecule has 0 unspecified atom stereocenters. The van der Waals surface area contributed by atoms with Gasteiger partial charge >= 0.3 is 0 Å². The van der Waals surface area contributed by atoms with Crippen molar-refractivity contribution in [1.29, 1.82) is 0 Å². The highest BCUT2D eigenvalue weighted by Gasteiger charge is 2.13. The van der Waals surface area contributed by atoms with Crippen LogP contribution in [0.25, 0.3) is 0 Å². The monoisotopic (exact) mass is 271 g/mol. The molecule has 0 aliphatic heterocycles. The standard InChI is InChI=1S/C11H14BrNO2/c1-8-10(12)4-3-5-11(8)13(6-7-14)9(2)15/h3-5,14H,6-7H2,1-2H3. The van der Waals surface area contributed by atoms with Crippen molar-refractivity contribution in [3.8, 4) is 0 Å². The minimum absolute atomic E-state index is 0.0362. The topological polar surface area (TPSA) is 40.5 Å². The molecule has 4 heteroatoms. The molecule has 3 nitrogen and oxygen atoms in total. The van der Waals surface area contributed by atoms with Crippen molar-refractivity contribution >= 4 is 27.5 Å². The molecular formula is C11H14BrNO2. The van der Waals surface area contributed by atoms with E-state index in [0.717, 1.165) is 15.7 Å². The molecule has 0 saturated carbocycles. The molecule has 1 aromatic carbocycles. The number of carbonyl (C=O) groups excluding carboxylic acids is 1. The van der Waals surface area contributed by atoms with E-state index in [-0.39, 0.29) is 12.5 Å². The zero-order valence-corrected chi connectivity index (χ0v) is 10.4. The fourth-order valence-electron chi connectivity index (χ4n) is 1.44. The molecule has 0 bridgehead atoms. The highest BCUT2D eigenvalue weighted by molar-refractivity contribution is 9.10. The van der Waals surface area contributed by atoms with Crippen molar-refractivity contribution in [3.05, 3.63) is 28.2 Å². The number of rotatable bonds is 3. The smallest absolute Gasteiger partial charge is 0.223 e. The van der Waals surface area contributed by atoms with E-state index in [9.17, 15) is 4.79 Å². The van der Waals surface area contributed by atoms with Crippen molar-refractivity contribution in [2.24, 2.45) is 0 Å². The Hall–Kier alpha value is -0.870. The van der Waals surface area contributed by atoms with Gasteiger partial charge in [0, 0.05) is 23.6 Å². The van der Waals surface area contributed by atoms with Gasteiger partial charge in [-0.1, -0.05) is 22.0 Å². The van der Waals surface area contributed by atoms with Gasteiger partial charge in [-0.15, -0.1) is 0 Å². The van der Waals surface area contributed by atoms with E-state index in [4.69, 9.17) is 5.11 Å². The van der Waals surface area contributed by atoms with Gasteiger partial charge in [0.2, 0.25) is 5.91 Å². The second-order valence-corrected chi connectivity index (χ2v) is 4.13. The average molecular weight is 272 g/mol. The fraction of sp³-hybridized carbons (Fsp3) is 0.364. The molecule has 0 fully saturated rings. The van der Waals surface area contributed by atoms with Gasteiger partial charge in [0.15, 0.2) is 0 Å². The zero-order valence-electron chi connectivity index (χ0n) is 8.83. The Morgan fingerprint density at radius 2 is 2.20 bits per heavy atom. The second-order valence-electron chi connectivity index (χ2n) is 3.28. The zero-order chi connectivity index (χ0) is 11.4. The maximum atomic E-state index is 11.4. The normalized spacial score (nSPS) is 10.1. The van der Waals surface area contributed by atoms with Crippen LogP contribution >= 0.6 is 15.9 Å². The SMILES string of the molecule is CC(=O)N(CCO)c1cccc(Br)c1C. The fourth-order valence-corrected chi connectivity index (χ4v) is 1.79. The van der Waals surface area contributed by atoms with Crippen molar-refractivity contribution in [3.63, 3.8) is 0 Å². The second kappa shape index (κ2) is 5.28. The first-order valence-corrected chi connectivity index (χ1v) is 5.51. The summed E-state index contributed by atoms with van der Waals surface area (Å²) >= 11 is 3.41. The number of aliphatic hydroxyl groups is 1. The lowest BCUT2D eigenvalue weighted by Crippen LogP contribution is -2.31. The molecule has 1 aromatic rings. The molecule has 0 aliphatic carbocycles.